The molecular weight excluding hydrogens is 737 g/mol. The molecule has 58 heavy (non-hydrogen) atoms. The molecule has 0 aliphatic rings. The van der Waals surface area contributed by atoms with Crippen LogP contribution in [-0.4, -0.2) is 46.8 Å². The number of nitrogens with one attached hydrogen (secondary N) is 2. The van der Waals surface area contributed by atoms with Crippen molar-refractivity contribution < 1.29 is 43.7 Å². The van der Waals surface area contributed by atoms with Crippen molar-refractivity contribution in [2.45, 2.75) is 33.6 Å². The highest BCUT2D eigenvalue weighted by atomic mass is 16.5. The number of anilines is 1. The second kappa shape index (κ2) is 17.5. The number of carboxylic acid groups (broad SMARTS) is 2. The largest absolute Gasteiger partial charge is 0.478 e. The Bertz CT molecular complexity index is 2490. The molecule has 0 spiro atoms. The van der Waals surface area contributed by atoms with Crippen molar-refractivity contribution >= 4 is 35.2 Å². The Labute approximate surface area is 335 Å². The van der Waals surface area contributed by atoms with Crippen LogP contribution in [0.4, 0.5) is 5.69 Å². The lowest BCUT2D eigenvalue weighted by molar-refractivity contribution is 0.0683. The average molecular weight is 779 g/mol. The molecule has 4 N–H and O–H groups in total. The SMILES string of the molecule is C.CNC(=O)c1cc(C(=O)c2ccc(C(=O)O)c(C(=O)Nc3ccc(Oc4ccc(C(C)(C)c5ccc(Oc6ccc(C)cc6)cc5)cc4)cc3)c2)ccc1C(=O)O. The summed E-state index contributed by atoms with van der Waals surface area (Å²) in [4.78, 5) is 62.8. The number of rotatable bonds is 13. The van der Waals surface area contributed by atoms with Crippen molar-refractivity contribution in [2.75, 3.05) is 12.4 Å². The highest BCUT2D eigenvalue weighted by Gasteiger charge is 2.25. The van der Waals surface area contributed by atoms with Gasteiger partial charge in [-0.25, -0.2) is 9.59 Å². The molecule has 0 aliphatic carbocycles. The van der Waals surface area contributed by atoms with Gasteiger partial charge in [0.1, 0.15) is 23.0 Å². The Kier molecular flexibility index (Phi) is 12.6. The van der Waals surface area contributed by atoms with Gasteiger partial charge in [-0.3, -0.25) is 14.4 Å². The smallest absolute Gasteiger partial charge is 0.336 e. The van der Waals surface area contributed by atoms with Gasteiger partial charge in [-0.2, -0.15) is 0 Å². The average Bonchev–Trinajstić information content (AvgIpc) is 3.21. The van der Waals surface area contributed by atoms with Crippen LogP contribution in [0.15, 0.2) is 133 Å². The van der Waals surface area contributed by atoms with Gasteiger partial charge in [-0.15, -0.1) is 0 Å². The summed E-state index contributed by atoms with van der Waals surface area (Å²) in [6.45, 7) is 6.32. The van der Waals surface area contributed by atoms with Crippen LogP contribution in [0.5, 0.6) is 23.0 Å². The fourth-order valence-corrected chi connectivity index (χ4v) is 6.15. The number of amides is 2. The maximum atomic E-state index is 13.4. The Hall–Kier alpha value is -7.53. The standard InChI is InChI=1S/C46H38N2O9.CH4/c1-27-5-15-33(16-6-27)56-34-17-9-30(10-18-34)46(2,3)31-11-19-35(20-12-31)57-36-21-13-32(14-22-36)48-43(51)40-26-29(8-24-38(40)45(54)55)41(49)28-7-23-37(44(52)53)39(25-28)42(50)47-4;/h5-26H,1-4H3,(H,47,50)(H,48,51)(H,52,53)(H,54,55);1H4. The number of ether oxygens (including phenoxy) is 2. The van der Waals surface area contributed by atoms with Gasteiger partial charge < -0.3 is 30.3 Å². The van der Waals surface area contributed by atoms with Gasteiger partial charge in [-0.05, 0) is 103 Å². The molecule has 0 aliphatic heterocycles. The van der Waals surface area contributed by atoms with Gasteiger partial charge in [0, 0.05) is 29.3 Å². The molecule has 2 amide bonds. The highest BCUT2D eigenvalue weighted by Crippen LogP contribution is 2.35. The van der Waals surface area contributed by atoms with Gasteiger partial charge in [0.2, 0.25) is 0 Å². The van der Waals surface area contributed by atoms with Crippen molar-refractivity contribution in [2.24, 2.45) is 0 Å². The minimum Gasteiger partial charge on any atom is -0.478 e. The molecule has 0 saturated carbocycles. The molecule has 294 valence electrons. The maximum Gasteiger partial charge on any atom is 0.336 e. The van der Waals surface area contributed by atoms with E-state index in [1.165, 1.54) is 24.7 Å². The Morgan fingerprint density at radius 3 is 1.29 bits per heavy atom. The first-order valence-electron chi connectivity index (χ1n) is 17.8. The summed E-state index contributed by atoms with van der Waals surface area (Å²) in [5.41, 5.74) is 2.16. The summed E-state index contributed by atoms with van der Waals surface area (Å²) >= 11 is 0. The van der Waals surface area contributed by atoms with Gasteiger partial charge >= 0.3 is 11.9 Å². The van der Waals surface area contributed by atoms with Crippen molar-refractivity contribution in [3.63, 3.8) is 0 Å². The van der Waals surface area contributed by atoms with Gasteiger partial charge in [0.05, 0.1) is 22.3 Å². The number of aryl methyl sites for hydroxylation is 1. The molecule has 0 unspecified atom stereocenters. The molecule has 6 aromatic carbocycles. The molecule has 0 radical (unpaired) electrons. The van der Waals surface area contributed by atoms with Gasteiger partial charge in [-0.1, -0.05) is 75.4 Å². The third-order valence-corrected chi connectivity index (χ3v) is 9.50. The number of carbonyl (C=O) groups excluding carboxylic acids is 3. The zero-order valence-electron chi connectivity index (χ0n) is 31.5. The molecule has 11 nitrogen and oxygen atoms in total. The molecule has 0 heterocycles. The Morgan fingerprint density at radius 2 is 0.897 bits per heavy atom. The molecule has 6 aromatic rings. The predicted molar refractivity (Wildman–Crippen MR) is 221 cm³/mol. The molecule has 6 rings (SSSR count). The van der Waals surface area contributed by atoms with Crippen LogP contribution in [0.1, 0.15) is 95.3 Å². The lowest BCUT2D eigenvalue weighted by atomic mass is 9.78. The number of carboxylic acids is 2. The molecular formula is C47H42N2O9. The topological polar surface area (TPSA) is 168 Å². The van der Waals surface area contributed by atoms with Crippen LogP contribution in [0.25, 0.3) is 0 Å². The third kappa shape index (κ3) is 9.28. The second-order valence-corrected chi connectivity index (χ2v) is 13.7. The molecule has 0 bridgehead atoms. The first kappa shape index (κ1) is 41.6. The lowest BCUT2D eigenvalue weighted by Crippen LogP contribution is -2.22. The van der Waals surface area contributed by atoms with E-state index in [0.717, 1.165) is 46.9 Å². The van der Waals surface area contributed by atoms with Crippen LogP contribution in [0.3, 0.4) is 0 Å². The van der Waals surface area contributed by atoms with E-state index in [1.54, 1.807) is 24.3 Å². The number of hydrogen-bond donors (Lipinski definition) is 4. The first-order chi connectivity index (χ1) is 27.2. The van der Waals surface area contributed by atoms with Crippen LogP contribution in [-0.2, 0) is 5.41 Å². The minimum atomic E-state index is -1.38. The predicted octanol–water partition coefficient (Wildman–Crippen LogP) is 9.78. The van der Waals surface area contributed by atoms with Crippen molar-refractivity contribution in [1.29, 1.82) is 0 Å². The number of benzene rings is 6. The molecule has 0 aromatic heterocycles. The normalized spacial score (nSPS) is 10.8. The quantitative estimate of drug-likeness (QED) is 0.0834. The fraction of sp³-hybridized carbons (Fsp3) is 0.128. The molecule has 11 heteroatoms. The molecule has 0 saturated heterocycles. The van der Waals surface area contributed by atoms with E-state index in [0.29, 0.717) is 17.2 Å². The number of aromatic carboxylic acids is 2. The first-order valence-corrected chi connectivity index (χ1v) is 17.8. The third-order valence-electron chi connectivity index (χ3n) is 9.50. The molecule has 0 fully saturated rings. The summed E-state index contributed by atoms with van der Waals surface area (Å²) in [5.74, 6) is -2.26. The van der Waals surface area contributed by atoms with E-state index in [9.17, 15) is 34.2 Å². The van der Waals surface area contributed by atoms with Crippen LogP contribution < -0.4 is 20.1 Å². The van der Waals surface area contributed by atoms with E-state index in [2.05, 4.69) is 36.6 Å². The zero-order chi connectivity index (χ0) is 40.9. The maximum absolute atomic E-state index is 13.4. The molecule has 0 atom stereocenters. The summed E-state index contributed by atoms with van der Waals surface area (Å²) in [6, 6.07) is 37.2. The van der Waals surface area contributed by atoms with Crippen molar-refractivity contribution in [3.05, 3.63) is 184 Å². The van der Waals surface area contributed by atoms with E-state index in [1.807, 2.05) is 67.6 Å². The van der Waals surface area contributed by atoms with Gasteiger partial charge in [0.25, 0.3) is 11.8 Å². The van der Waals surface area contributed by atoms with Crippen LogP contribution in [0.2, 0.25) is 0 Å². The van der Waals surface area contributed by atoms with E-state index < -0.39 is 29.5 Å². The van der Waals surface area contributed by atoms with E-state index >= 15 is 0 Å². The summed E-state index contributed by atoms with van der Waals surface area (Å²) < 4.78 is 12.1. The number of hydrogen-bond acceptors (Lipinski definition) is 7. The second-order valence-electron chi connectivity index (χ2n) is 13.7. The monoisotopic (exact) mass is 778 g/mol. The van der Waals surface area contributed by atoms with Crippen LogP contribution in [0, 0.1) is 6.92 Å². The zero-order valence-corrected chi connectivity index (χ0v) is 31.5. The number of carbonyl (C=O) groups is 5. The van der Waals surface area contributed by atoms with E-state index in [4.69, 9.17) is 9.47 Å². The number of ketones is 1. The lowest BCUT2D eigenvalue weighted by Gasteiger charge is -2.26. The Morgan fingerprint density at radius 1 is 0.517 bits per heavy atom. The summed E-state index contributed by atoms with van der Waals surface area (Å²) in [5, 5.41) is 24.3. The Balaban J connectivity index is 0.00000641. The van der Waals surface area contributed by atoms with Gasteiger partial charge in [0.15, 0.2) is 5.78 Å². The fourth-order valence-electron chi connectivity index (χ4n) is 6.15. The van der Waals surface area contributed by atoms with E-state index in [-0.39, 0.29) is 46.2 Å². The highest BCUT2D eigenvalue weighted by molar-refractivity contribution is 6.16. The summed E-state index contributed by atoms with van der Waals surface area (Å²) in [6.07, 6.45) is 0. The summed E-state index contributed by atoms with van der Waals surface area (Å²) in [7, 11) is 1.32. The van der Waals surface area contributed by atoms with Crippen molar-refractivity contribution in [3.8, 4) is 23.0 Å². The van der Waals surface area contributed by atoms with Crippen LogP contribution >= 0.6 is 0 Å². The minimum absolute atomic E-state index is 0. The van der Waals surface area contributed by atoms with Crippen molar-refractivity contribution in [1.82, 2.24) is 5.32 Å².